The third-order valence-electron chi connectivity index (χ3n) is 15.9. The van der Waals surface area contributed by atoms with Gasteiger partial charge in [-0.25, -0.2) is 4.39 Å². The Balaban J connectivity index is 0.643. The molecule has 4 saturated heterocycles. The molecule has 5 fully saturated rings. The number of anilines is 2. The van der Waals surface area contributed by atoms with Crippen LogP contribution in [-0.2, 0) is 19.2 Å². The molecule has 2 N–H and O–H groups in total. The van der Waals surface area contributed by atoms with Crippen molar-refractivity contribution in [3.8, 4) is 5.75 Å². The van der Waals surface area contributed by atoms with E-state index in [9.17, 15) is 33.2 Å². The van der Waals surface area contributed by atoms with Gasteiger partial charge in [0.05, 0.1) is 33.9 Å². The predicted octanol–water partition coefficient (Wildman–Crippen LogP) is 6.63. The molecule has 6 amide bonds. The normalized spacial score (nSPS) is 23.6. The van der Waals surface area contributed by atoms with Crippen LogP contribution >= 0.6 is 11.6 Å². The third kappa shape index (κ3) is 9.87. The number of carbonyl (C=O) groups is 6. The summed E-state index contributed by atoms with van der Waals surface area (Å²) in [5, 5.41) is 6.69. The van der Waals surface area contributed by atoms with Gasteiger partial charge in [0.2, 0.25) is 23.6 Å². The van der Waals surface area contributed by atoms with Gasteiger partial charge in [0.25, 0.3) is 11.8 Å². The van der Waals surface area contributed by atoms with Crippen LogP contribution in [0.2, 0.25) is 5.02 Å². The van der Waals surface area contributed by atoms with Gasteiger partial charge in [0.15, 0.2) is 0 Å². The zero-order chi connectivity index (χ0) is 48.6. The van der Waals surface area contributed by atoms with Crippen LogP contribution in [-0.4, -0.2) is 137 Å². The molecule has 1 aromatic heterocycles. The number of rotatable bonds is 11. The number of benzene rings is 3. The average molecular weight is 976 g/mol. The van der Waals surface area contributed by atoms with Crippen molar-refractivity contribution >= 4 is 69.3 Å². The molecule has 6 aliphatic rings. The topological polar surface area (TPSA) is 165 Å². The van der Waals surface area contributed by atoms with Crippen LogP contribution in [0.5, 0.6) is 5.75 Å². The van der Waals surface area contributed by atoms with Crippen LogP contribution < -0.4 is 20.3 Å². The molecule has 5 aliphatic heterocycles. The summed E-state index contributed by atoms with van der Waals surface area (Å²) in [4.78, 5) is 92.8. The van der Waals surface area contributed by atoms with E-state index in [1.54, 1.807) is 48.7 Å². The van der Waals surface area contributed by atoms with Crippen LogP contribution in [0, 0.1) is 17.7 Å². The highest BCUT2D eigenvalue weighted by Gasteiger charge is 2.46. The lowest BCUT2D eigenvalue weighted by Gasteiger charge is -2.43. The number of nitrogens with one attached hydrogen (secondary N) is 2. The molecular weight excluding hydrogens is 915 g/mol. The van der Waals surface area contributed by atoms with Crippen molar-refractivity contribution in [1.82, 2.24) is 29.9 Å². The first-order chi connectivity index (χ1) is 33.9. The molecule has 4 aromatic rings. The Morgan fingerprint density at radius 2 is 1.60 bits per heavy atom. The molecule has 1 saturated carbocycles. The molecule has 1 unspecified atom stereocenters. The molecule has 2 atom stereocenters. The zero-order valence-corrected chi connectivity index (χ0v) is 40.3. The summed E-state index contributed by atoms with van der Waals surface area (Å²) < 4.78 is 20.5. The van der Waals surface area contributed by atoms with Crippen molar-refractivity contribution in [2.24, 2.45) is 11.8 Å². The van der Waals surface area contributed by atoms with Gasteiger partial charge < -0.3 is 19.9 Å². The third-order valence-corrected chi connectivity index (χ3v) is 16.2. The molecule has 10 rings (SSSR count). The summed E-state index contributed by atoms with van der Waals surface area (Å²) in [5.41, 5.74) is 3.87. The molecule has 0 radical (unpaired) electrons. The van der Waals surface area contributed by atoms with Gasteiger partial charge in [0.1, 0.15) is 23.7 Å². The SMILES string of the molecule is C[C@@H](C(=O)Nc1ccc(Cl)c(OC2CCN(C(=O)CN3CCC(N4CCN(c5cccc6c5C(=O)N(C5CCC(=O)NC5=O)C6=O)CC4)CC3)CC2)c1)[C@H]1CC[C@@H](c2ccnc3ccc(F)cc32)CC1. The lowest BCUT2D eigenvalue weighted by molar-refractivity contribution is -0.136. The molecule has 70 heavy (non-hydrogen) atoms. The fraction of sp³-hybridized carbons (Fsp3) is 0.491. The van der Waals surface area contributed by atoms with E-state index in [-0.39, 0.29) is 54.0 Å². The van der Waals surface area contributed by atoms with Crippen LogP contribution in [0.3, 0.4) is 0 Å². The minimum absolute atomic E-state index is 0.0439. The molecule has 368 valence electrons. The first-order valence-electron chi connectivity index (χ1n) is 25.0. The number of piperazine rings is 1. The Morgan fingerprint density at radius 3 is 2.34 bits per heavy atom. The average Bonchev–Trinajstić information content (AvgIpc) is 3.63. The van der Waals surface area contributed by atoms with Crippen molar-refractivity contribution in [2.75, 3.05) is 69.1 Å². The fourth-order valence-electron chi connectivity index (χ4n) is 11.8. The van der Waals surface area contributed by atoms with Crippen LogP contribution in [0.25, 0.3) is 10.9 Å². The number of amides is 6. The van der Waals surface area contributed by atoms with E-state index in [4.69, 9.17) is 16.3 Å². The van der Waals surface area contributed by atoms with Crippen molar-refractivity contribution < 1.29 is 37.9 Å². The predicted molar refractivity (Wildman–Crippen MR) is 262 cm³/mol. The molecular formula is C53H60ClFN8O7. The number of hydrogen-bond donors (Lipinski definition) is 2. The number of aromatic nitrogens is 1. The molecule has 6 heterocycles. The van der Waals surface area contributed by atoms with E-state index in [0.29, 0.717) is 85.2 Å². The minimum atomic E-state index is -1.00. The lowest BCUT2D eigenvalue weighted by Crippen LogP contribution is -2.55. The van der Waals surface area contributed by atoms with Crippen LogP contribution in [0.15, 0.2) is 66.9 Å². The summed E-state index contributed by atoms with van der Waals surface area (Å²) in [7, 11) is 0. The summed E-state index contributed by atoms with van der Waals surface area (Å²) in [6.07, 6.45) is 8.78. The van der Waals surface area contributed by atoms with E-state index in [0.717, 1.165) is 86.1 Å². The zero-order valence-electron chi connectivity index (χ0n) is 39.5. The van der Waals surface area contributed by atoms with Crippen LogP contribution in [0.4, 0.5) is 15.8 Å². The molecule has 15 nitrogen and oxygen atoms in total. The number of hydrogen-bond acceptors (Lipinski definition) is 11. The summed E-state index contributed by atoms with van der Waals surface area (Å²) >= 11 is 6.61. The Kier molecular flexibility index (Phi) is 13.9. The van der Waals surface area contributed by atoms with Gasteiger partial charge in [-0.15, -0.1) is 0 Å². The number of likely N-dealkylation sites (tertiary alicyclic amines) is 2. The molecule has 1 aliphatic carbocycles. The number of carbonyl (C=O) groups excluding carboxylic acids is 6. The maximum atomic E-state index is 14.1. The van der Waals surface area contributed by atoms with Gasteiger partial charge in [-0.2, -0.15) is 0 Å². The van der Waals surface area contributed by atoms with E-state index in [1.165, 1.54) is 6.07 Å². The largest absolute Gasteiger partial charge is 0.489 e. The summed E-state index contributed by atoms with van der Waals surface area (Å²) in [5.74, 6) is -1.35. The number of nitrogens with zero attached hydrogens (tertiary/aromatic N) is 6. The number of piperidine rings is 3. The summed E-state index contributed by atoms with van der Waals surface area (Å²) in [6, 6.07) is 16.7. The lowest BCUT2D eigenvalue weighted by atomic mass is 9.73. The van der Waals surface area contributed by atoms with Gasteiger partial charge in [-0.1, -0.05) is 24.6 Å². The van der Waals surface area contributed by atoms with Gasteiger partial charge in [-0.3, -0.25) is 53.8 Å². The monoisotopic (exact) mass is 974 g/mol. The molecule has 0 spiro atoms. The van der Waals surface area contributed by atoms with Gasteiger partial charge >= 0.3 is 0 Å². The maximum Gasteiger partial charge on any atom is 0.264 e. The second-order valence-corrected chi connectivity index (χ2v) is 20.4. The van der Waals surface area contributed by atoms with Gasteiger partial charge in [0, 0.05) is 107 Å². The first kappa shape index (κ1) is 47.7. The van der Waals surface area contributed by atoms with E-state index in [2.05, 4.69) is 30.3 Å². The van der Waals surface area contributed by atoms with Crippen molar-refractivity contribution in [3.05, 3.63) is 94.4 Å². The Hall–Kier alpha value is -5.97. The highest BCUT2D eigenvalue weighted by atomic mass is 35.5. The number of fused-ring (bicyclic) bond motifs is 2. The Bertz CT molecular complexity index is 2690. The fourth-order valence-corrected chi connectivity index (χ4v) is 12.0. The molecule has 17 heteroatoms. The number of ether oxygens (including phenoxy) is 1. The maximum absolute atomic E-state index is 14.1. The number of pyridine rings is 1. The van der Waals surface area contributed by atoms with E-state index < -0.39 is 29.7 Å². The Labute approximate surface area is 412 Å². The highest BCUT2D eigenvalue weighted by molar-refractivity contribution is 6.32. The van der Waals surface area contributed by atoms with Crippen molar-refractivity contribution in [2.45, 2.75) is 95.2 Å². The number of halogens is 2. The first-order valence-corrected chi connectivity index (χ1v) is 25.4. The molecule has 0 bridgehead atoms. The standard InChI is InChI=1S/C53H60ClFN8O7/c1-32(33-5-7-34(8-6-33)39-15-20-56-43-12-9-35(55)29-41(39)43)50(66)57-36-10-11-42(54)46(30-36)70-38-18-23-62(24-19-38)48(65)31-59-21-16-37(17-22-59)60-25-27-61(28-26-60)44-4-2-3-40-49(44)53(69)63(52(40)68)45-13-14-47(64)58-51(45)67/h2-4,9-12,15,20,29-30,32-34,37-38,45H,5-8,13-14,16-19,21-28,31H2,1H3,(H,57,66)(H,58,64,67)/t32-,33-,34+,45?/m1/s1. The Morgan fingerprint density at radius 1 is 0.843 bits per heavy atom. The van der Waals surface area contributed by atoms with E-state index >= 15 is 0 Å². The number of imide groups is 2. The van der Waals surface area contributed by atoms with Gasteiger partial charge in [-0.05, 0) is 111 Å². The minimum Gasteiger partial charge on any atom is -0.489 e. The highest BCUT2D eigenvalue weighted by Crippen LogP contribution is 2.42. The van der Waals surface area contributed by atoms with Crippen molar-refractivity contribution in [1.29, 1.82) is 0 Å². The quantitative estimate of drug-likeness (QED) is 0.155. The second kappa shape index (κ2) is 20.4. The van der Waals surface area contributed by atoms with Crippen LogP contribution in [0.1, 0.15) is 103 Å². The second-order valence-electron chi connectivity index (χ2n) is 20.0. The molecule has 3 aromatic carbocycles. The summed E-state index contributed by atoms with van der Waals surface area (Å²) in [6.45, 7) is 8.16. The van der Waals surface area contributed by atoms with E-state index in [1.807, 2.05) is 24.0 Å². The van der Waals surface area contributed by atoms with Crippen molar-refractivity contribution in [3.63, 3.8) is 0 Å². The smallest absolute Gasteiger partial charge is 0.264 e.